The van der Waals surface area contributed by atoms with Crippen LogP contribution in [0.3, 0.4) is 0 Å². The van der Waals surface area contributed by atoms with Crippen LogP contribution in [0.1, 0.15) is 39.7 Å². The summed E-state index contributed by atoms with van der Waals surface area (Å²) in [5.41, 5.74) is 0.847. The summed E-state index contributed by atoms with van der Waals surface area (Å²) in [6.07, 6.45) is 1.08. The van der Waals surface area contributed by atoms with Crippen LogP contribution in [0, 0.1) is 0 Å². The fourth-order valence-electron chi connectivity index (χ4n) is 2.62. The minimum Gasteiger partial charge on any atom is -0.483 e. The lowest BCUT2D eigenvalue weighted by molar-refractivity contribution is -0.124. The van der Waals surface area contributed by atoms with Gasteiger partial charge in [-0.1, -0.05) is 37.3 Å². The lowest BCUT2D eigenvalue weighted by Crippen LogP contribution is -2.43. The quantitative estimate of drug-likeness (QED) is 0.763. The zero-order valence-corrected chi connectivity index (χ0v) is 15.1. The average Bonchev–Trinajstić information content (AvgIpc) is 2.52. The average molecular weight is 328 g/mol. The van der Waals surface area contributed by atoms with E-state index in [2.05, 4.69) is 29.7 Å². The van der Waals surface area contributed by atoms with Crippen LogP contribution in [0.4, 0.5) is 0 Å². The third kappa shape index (κ3) is 5.24. The maximum Gasteiger partial charge on any atom is 0.258 e. The Bertz CT molecular complexity index is 690. The van der Waals surface area contributed by atoms with Gasteiger partial charge in [0.2, 0.25) is 0 Å². The number of carbonyl (C=O) groups is 1. The molecule has 1 amide bonds. The molecule has 0 radical (unpaired) electrons. The number of ether oxygens (including phenoxy) is 1. The first-order chi connectivity index (χ1) is 11.4. The van der Waals surface area contributed by atoms with E-state index in [9.17, 15) is 4.79 Å². The number of benzene rings is 2. The van der Waals surface area contributed by atoms with Crippen LogP contribution in [0.2, 0.25) is 0 Å². The highest BCUT2D eigenvalue weighted by Crippen LogP contribution is 2.28. The zero-order valence-electron chi connectivity index (χ0n) is 15.1. The normalized spacial score (nSPS) is 11.5. The molecule has 0 heterocycles. The van der Waals surface area contributed by atoms with Crippen molar-refractivity contribution in [2.45, 2.75) is 46.2 Å². The molecule has 4 nitrogen and oxygen atoms in total. The lowest BCUT2D eigenvalue weighted by Gasteiger charge is -2.21. The monoisotopic (exact) mass is 328 g/mol. The SMILES string of the molecule is CCCNCc1c(OCC(=O)NC(C)(C)C)ccc2ccccc12. The highest BCUT2D eigenvalue weighted by molar-refractivity contribution is 5.88. The van der Waals surface area contributed by atoms with Crippen LogP contribution in [-0.4, -0.2) is 24.6 Å². The van der Waals surface area contributed by atoms with Crippen molar-refractivity contribution in [1.82, 2.24) is 10.6 Å². The van der Waals surface area contributed by atoms with Crippen LogP contribution in [-0.2, 0) is 11.3 Å². The third-order valence-corrected chi connectivity index (χ3v) is 3.60. The molecule has 0 fully saturated rings. The van der Waals surface area contributed by atoms with Crippen LogP contribution in [0.15, 0.2) is 36.4 Å². The van der Waals surface area contributed by atoms with Gasteiger partial charge in [0, 0.05) is 17.6 Å². The molecular formula is C20H28N2O2. The molecule has 0 spiro atoms. The van der Waals surface area contributed by atoms with Crippen molar-refractivity contribution in [1.29, 1.82) is 0 Å². The number of nitrogens with one attached hydrogen (secondary N) is 2. The Morgan fingerprint density at radius 3 is 2.58 bits per heavy atom. The Kier molecular flexibility index (Phi) is 6.21. The van der Waals surface area contributed by atoms with Gasteiger partial charge in [0.15, 0.2) is 6.61 Å². The zero-order chi connectivity index (χ0) is 17.6. The standard InChI is InChI=1S/C20H28N2O2/c1-5-12-21-13-17-16-9-7-6-8-15(16)10-11-18(17)24-14-19(23)22-20(2,3)4/h6-11,21H,5,12-14H2,1-4H3,(H,22,23). The smallest absolute Gasteiger partial charge is 0.258 e. The molecule has 0 aliphatic heterocycles. The molecule has 2 N–H and O–H groups in total. The number of amides is 1. The van der Waals surface area contributed by atoms with Gasteiger partial charge in [-0.15, -0.1) is 0 Å². The van der Waals surface area contributed by atoms with E-state index in [4.69, 9.17) is 4.74 Å². The second kappa shape index (κ2) is 8.15. The van der Waals surface area contributed by atoms with Crippen molar-refractivity contribution < 1.29 is 9.53 Å². The molecule has 0 aliphatic carbocycles. The van der Waals surface area contributed by atoms with Crippen molar-refractivity contribution in [3.63, 3.8) is 0 Å². The summed E-state index contributed by atoms with van der Waals surface area (Å²) in [6.45, 7) is 9.72. The Balaban J connectivity index is 2.18. The number of fused-ring (bicyclic) bond motifs is 1. The Morgan fingerprint density at radius 2 is 1.88 bits per heavy atom. The summed E-state index contributed by atoms with van der Waals surface area (Å²) < 4.78 is 5.83. The van der Waals surface area contributed by atoms with Gasteiger partial charge in [-0.3, -0.25) is 4.79 Å². The topological polar surface area (TPSA) is 50.4 Å². The van der Waals surface area contributed by atoms with Gasteiger partial charge >= 0.3 is 0 Å². The first kappa shape index (κ1) is 18.3. The van der Waals surface area contributed by atoms with E-state index in [0.29, 0.717) is 0 Å². The summed E-state index contributed by atoms with van der Waals surface area (Å²) in [6, 6.07) is 12.2. The molecule has 0 aromatic heterocycles. The molecule has 0 atom stereocenters. The molecule has 2 aromatic rings. The molecule has 0 saturated heterocycles. The van der Waals surface area contributed by atoms with Crippen LogP contribution in [0.5, 0.6) is 5.75 Å². The van der Waals surface area contributed by atoms with E-state index in [0.717, 1.165) is 36.2 Å². The van der Waals surface area contributed by atoms with Crippen molar-refractivity contribution in [2.24, 2.45) is 0 Å². The summed E-state index contributed by atoms with van der Waals surface area (Å²) in [7, 11) is 0. The van der Waals surface area contributed by atoms with E-state index < -0.39 is 0 Å². The molecule has 0 saturated carbocycles. The third-order valence-electron chi connectivity index (χ3n) is 3.60. The van der Waals surface area contributed by atoms with Crippen molar-refractivity contribution in [2.75, 3.05) is 13.2 Å². The van der Waals surface area contributed by atoms with Gasteiger partial charge in [0.25, 0.3) is 5.91 Å². The molecule has 0 unspecified atom stereocenters. The number of rotatable bonds is 7. The summed E-state index contributed by atoms with van der Waals surface area (Å²) in [5.74, 6) is 0.657. The second-order valence-electron chi connectivity index (χ2n) is 7.03. The van der Waals surface area contributed by atoms with E-state index in [1.807, 2.05) is 45.0 Å². The number of hydrogen-bond donors (Lipinski definition) is 2. The minimum absolute atomic E-state index is 0.0242. The van der Waals surface area contributed by atoms with Crippen LogP contribution >= 0.6 is 0 Å². The van der Waals surface area contributed by atoms with Crippen LogP contribution < -0.4 is 15.4 Å². The fourth-order valence-corrected chi connectivity index (χ4v) is 2.62. The highest BCUT2D eigenvalue weighted by atomic mass is 16.5. The minimum atomic E-state index is -0.255. The van der Waals surface area contributed by atoms with Gasteiger partial charge in [-0.05, 0) is 50.6 Å². The Hall–Kier alpha value is -2.07. The first-order valence-corrected chi connectivity index (χ1v) is 8.56. The van der Waals surface area contributed by atoms with Gasteiger partial charge < -0.3 is 15.4 Å². The molecule has 130 valence electrons. The first-order valence-electron chi connectivity index (χ1n) is 8.56. The Morgan fingerprint density at radius 1 is 1.12 bits per heavy atom. The van der Waals surface area contributed by atoms with E-state index >= 15 is 0 Å². The predicted octanol–water partition coefficient (Wildman–Crippen LogP) is 3.63. The molecule has 0 aliphatic rings. The maximum absolute atomic E-state index is 12.0. The summed E-state index contributed by atoms with van der Waals surface area (Å²) in [4.78, 5) is 12.0. The van der Waals surface area contributed by atoms with Gasteiger partial charge in [0.1, 0.15) is 5.75 Å². The van der Waals surface area contributed by atoms with Crippen molar-refractivity contribution >= 4 is 16.7 Å². The second-order valence-corrected chi connectivity index (χ2v) is 7.03. The molecule has 4 heteroatoms. The Labute approximate surface area is 144 Å². The van der Waals surface area contributed by atoms with Crippen molar-refractivity contribution in [3.8, 4) is 5.75 Å². The summed E-state index contributed by atoms with van der Waals surface area (Å²) >= 11 is 0. The van der Waals surface area contributed by atoms with Crippen LogP contribution in [0.25, 0.3) is 10.8 Å². The van der Waals surface area contributed by atoms with Gasteiger partial charge in [-0.25, -0.2) is 0 Å². The number of carbonyl (C=O) groups excluding carboxylic acids is 1. The molecule has 0 bridgehead atoms. The fraction of sp³-hybridized carbons (Fsp3) is 0.450. The molecular weight excluding hydrogens is 300 g/mol. The van der Waals surface area contributed by atoms with Gasteiger partial charge in [-0.2, -0.15) is 0 Å². The number of hydrogen-bond acceptors (Lipinski definition) is 3. The largest absolute Gasteiger partial charge is 0.483 e. The van der Waals surface area contributed by atoms with Gasteiger partial charge in [0.05, 0.1) is 0 Å². The molecule has 2 rings (SSSR count). The van der Waals surface area contributed by atoms with E-state index in [1.165, 1.54) is 5.39 Å². The van der Waals surface area contributed by atoms with E-state index in [-0.39, 0.29) is 18.1 Å². The lowest BCUT2D eigenvalue weighted by atomic mass is 10.0. The van der Waals surface area contributed by atoms with Crippen molar-refractivity contribution in [3.05, 3.63) is 42.0 Å². The van der Waals surface area contributed by atoms with E-state index in [1.54, 1.807) is 0 Å². The summed E-state index contributed by atoms with van der Waals surface area (Å²) in [5, 5.41) is 8.69. The molecule has 24 heavy (non-hydrogen) atoms. The highest BCUT2D eigenvalue weighted by Gasteiger charge is 2.15. The maximum atomic E-state index is 12.0. The predicted molar refractivity (Wildman–Crippen MR) is 99.3 cm³/mol. The molecule has 2 aromatic carbocycles.